The average molecular weight is 215 g/mol. The van der Waals surface area contributed by atoms with Gasteiger partial charge in [0.25, 0.3) is 0 Å². The van der Waals surface area contributed by atoms with Gasteiger partial charge in [-0.2, -0.15) is 11.8 Å². The van der Waals surface area contributed by atoms with Gasteiger partial charge in [-0.15, -0.1) is 0 Å². The highest BCUT2D eigenvalue weighted by molar-refractivity contribution is 8.00. The molecule has 1 saturated carbocycles. The Morgan fingerprint density at radius 1 is 1.64 bits per heavy atom. The van der Waals surface area contributed by atoms with Crippen molar-refractivity contribution in [1.29, 1.82) is 0 Å². The van der Waals surface area contributed by atoms with Crippen molar-refractivity contribution >= 4 is 17.7 Å². The quantitative estimate of drug-likeness (QED) is 0.541. The van der Waals surface area contributed by atoms with Crippen LogP contribution in [-0.2, 0) is 0 Å². The minimum atomic E-state index is 0.418. The Labute approximate surface area is 90.9 Å². The fourth-order valence-corrected chi connectivity index (χ4v) is 1.90. The Hall–Kier alpha value is -0.380. The lowest BCUT2D eigenvalue weighted by molar-refractivity contribution is 0.636. The predicted octanol–water partition coefficient (Wildman–Crippen LogP) is 1.58. The molecule has 1 aliphatic carbocycles. The molecule has 0 aromatic carbocycles. The molecule has 0 bridgehead atoms. The fraction of sp³-hybridized carbons (Fsp3) is 0.900. The summed E-state index contributed by atoms with van der Waals surface area (Å²) in [6, 6.07) is 0.420. The lowest BCUT2D eigenvalue weighted by atomic mass is 10.3. The second kappa shape index (κ2) is 4.91. The number of nitrogens with zero attached hydrogens (tertiary/aromatic N) is 1. The van der Waals surface area contributed by atoms with Gasteiger partial charge in [0.05, 0.1) is 6.54 Å². The number of hydrogen-bond donors (Lipinski definition) is 2. The molecule has 82 valence electrons. The topological polar surface area (TPSA) is 50.4 Å². The maximum absolute atomic E-state index is 5.77. The minimum Gasteiger partial charge on any atom is -0.370 e. The predicted molar refractivity (Wildman–Crippen MR) is 64.9 cm³/mol. The highest BCUT2D eigenvalue weighted by Gasteiger charge is 2.41. The van der Waals surface area contributed by atoms with Crippen LogP contribution in [0.1, 0.15) is 33.1 Å². The summed E-state index contributed by atoms with van der Waals surface area (Å²) in [4.78, 5) is 4.38. The van der Waals surface area contributed by atoms with E-state index in [9.17, 15) is 0 Å². The van der Waals surface area contributed by atoms with Crippen molar-refractivity contribution in [3.05, 3.63) is 0 Å². The Morgan fingerprint density at radius 3 is 2.71 bits per heavy atom. The van der Waals surface area contributed by atoms with Crippen LogP contribution in [0.2, 0.25) is 0 Å². The summed E-state index contributed by atoms with van der Waals surface area (Å²) in [5, 5.41) is 3.17. The van der Waals surface area contributed by atoms with Gasteiger partial charge < -0.3 is 11.1 Å². The summed E-state index contributed by atoms with van der Waals surface area (Å²) in [7, 11) is 0. The first-order chi connectivity index (χ1) is 6.62. The molecule has 14 heavy (non-hydrogen) atoms. The molecule has 0 radical (unpaired) electrons. The van der Waals surface area contributed by atoms with Gasteiger partial charge in [-0.3, -0.25) is 4.99 Å². The molecule has 1 rings (SSSR count). The van der Waals surface area contributed by atoms with Gasteiger partial charge in [-0.05, 0) is 32.4 Å². The minimum absolute atomic E-state index is 0.418. The van der Waals surface area contributed by atoms with Crippen LogP contribution in [0.4, 0.5) is 0 Å². The molecule has 0 spiro atoms. The Kier molecular flexibility index (Phi) is 4.11. The van der Waals surface area contributed by atoms with Gasteiger partial charge in [0.2, 0.25) is 0 Å². The van der Waals surface area contributed by atoms with E-state index in [1.807, 2.05) is 11.8 Å². The van der Waals surface area contributed by atoms with Crippen LogP contribution in [0.15, 0.2) is 4.99 Å². The molecule has 1 atom stereocenters. The second-order valence-electron chi connectivity index (χ2n) is 4.04. The van der Waals surface area contributed by atoms with E-state index >= 15 is 0 Å². The van der Waals surface area contributed by atoms with E-state index in [1.165, 1.54) is 12.8 Å². The SMILES string of the molecule is CCC(C)NC(N)=NCC1(SC)CC1. The van der Waals surface area contributed by atoms with Gasteiger partial charge >= 0.3 is 0 Å². The van der Waals surface area contributed by atoms with Crippen molar-refractivity contribution in [3.8, 4) is 0 Å². The highest BCUT2D eigenvalue weighted by Crippen LogP contribution is 2.47. The van der Waals surface area contributed by atoms with Gasteiger partial charge in [-0.1, -0.05) is 6.92 Å². The molecule has 0 heterocycles. The standard InChI is InChI=1S/C10H21N3S/c1-4-8(2)13-9(11)12-7-10(14-3)5-6-10/h8H,4-7H2,1-3H3,(H3,11,12,13). The molecular formula is C10H21N3S. The van der Waals surface area contributed by atoms with Crippen molar-refractivity contribution in [1.82, 2.24) is 5.32 Å². The van der Waals surface area contributed by atoms with E-state index in [0.29, 0.717) is 16.7 Å². The molecule has 0 saturated heterocycles. The van der Waals surface area contributed by atoms with Crippen molar-refractivity contribution in [2.24, 2.45) is 10.7 Å². The molecule has 3 nitrogen and oxygen atoms in total. The smallest absolute Gasteiger partial charge is 0.188 e. The molecule has 1 aliphatic rings. The van der Waals surface area contributed by atoms with Gasteiger partial charge in [0, 0.05) is 10.8 Å². The van der Waals surface area contributed by atoms with E-state index < -0.39 is 0 Å². The van der Waals surface area contributed by atoms with E-state index in [1.54, 1.807) is 0 Å². The normalized spacial score (nSPS) is 21.8. The number of aliphatic imine (C=N–C) groups is 1. The Morgan fingerprint density at radius 2 is 2.29 bits per heavy atom. The van der Waals surface area contributed by atoms with Crippen LogP contribution in [0.5, 0.6) is 0 Å². The molecule has 1 fully saturated rings. The van der Waals surface area contributed by atoms with Crippen LogP contribution >= 0.6 is 11.8 Å². The summed E-state index contributed by atoms with van der Waals surface area (Å²) in [6.07, 6.45) is 5.80. The zero-order chi connectivity index (χ0) is 10.6. The third-order valence-corrected chi connectivity index (χ3v) is 4.19. The lowest BCUT2D eigenvalue weighted by Gasteiger charge is -2.13. The van der Waals surface area contributed by atoms with E-state index in [-0.39, 0.29) is 0 Å². The van der Waals surface area contributed by atoms with Crippen LogP contribution in [0.3, 0.4) is 0 Å². The number of hydrogen-bond acceptors (Lipinski definition) is 2. The van der Waals surface area contributed by atoms with Crippen molar-refractivity contribution in [3.63, 3.8) is 0 Å². The highest BCUT2D eigenvalue weighted by atomic mass is 32.2. The van der Waals surface area contributed by atoms with Crippen LogP contribution in [-0.4, -0.2) is 29.5 Å². The summed E-state index contributed by atoms with van der Waals surface area (Å²) in [5.41, 5.74) is 5.77. The third-order valence-electron chi connectivity index (χ3n) is 2.78. The van der Waals surface area contributed by atoms with E-state index in [0.717, 1.165) is 13.0 Å². The molecular weight excluding hydrogens is 194 g/mol. The first kappa shape index (κ1) is 11.7. The number of nitrogens with one attached hydrogen (secondary N) is 1. The first-order valence-corrected chi connectivity index (χ1v) is 6.46. The molecule has 0 aliphatic heterocycles. The molecule has 3 N–H and O–H groups in total. The molecule has 0 aromatic rings. The van der Waals surface area contributed by atoms with Crippen LogP contribution in [0.25, 0.3) is 0 Å². The fourth-order valence-electron chi connectivity index (χ4n) is 1.20. The van der Waals surface area contributed by atoms with Gasteiger partial charge in [-0.25, -0.2) is 0 Å². The lowest BCUT2D eigenvalue weighted by Crippen LogP contribution is -2.38. The summed E-state index contributed by atoms with van der Waals surface area (Å²) >= 11 is 1.91. The number of rotatable bonds is 5. The summed E-state index contributed by atoms with van der Waals surface area (Å²) in [5.74, 6) is 0.597. The van der Waals surface area contributed by atoms with Crippen LogP contribution in [0, 0.1) is 0 Å². The second-order valence-corrected chi connectivity index (χ2v) is 5.32. The largest absolute Gasteiger partial charge is 0.370 e. The Balaban J connectivity index is 2.29. The monoisotopic (exact) mass is 215 g/mol. The maximum atomic E-state index is 5.77. The van der Waals surface area contributed by atoms with Gasteiger partial charge in [0.15, 0.2) is 5.96 Å². The van der Waals surface area contributed by atoms with Gasteiger partial charge in [0.1, 0.15) is 0 Å². The zero-order valence-electron chi connectivity index (χ0n) is 9.34. The van der Waals surface area contributed by atoms with Crippen molar-refractivity contribution in [2.45, 2.75) is 43.9 Å². The molecule has 0 aromatic heterocycles. The first-order valence-electron chi connectivity index (χ1n) is 5.23. The van der Waals surface area contributed by atoms with Crippen molar-refractivity contribution < 1.29 is 0 Å². The average Bonchev–Trinajstić information content (AvgIpc) is 2.95. The summed E-state index contributed by atoms with van der Waals surface area (Å²) in [6.45, 7) is 5.11. The number of nitrogens with two attached hydrogens (primary N) is 1. The number of guanidine groups is 1. The maximum Gasteiger partial charge on any atom is 0.188 e. The Bertz CT molecular complexity index is 211. The zero-order valence-corrected chi connectivity index (χ0v) is 10.2. The van der Waals surface area contributed by atoms with E-state index in [4.69, 9.17) is 5.73 Å². The van der Waals surface area contributed by atoms with E-state index in [2.05, 4.69) is 30.4 Å². The van der Waals surface area contributed by atoms with Crippen molar-refractivity contribution in [2.75, 3.05) is 12.8 Å². The van der Waals surface area contributed by atoms with Crippen LogP contribution < -0.4 is 11.1 Å². The summed E-state index contributed by atoms with van der Waals surface area (Å²) < 4.78 is 0.418. The number of thioether (sulfide) groups is 1. The molecule has 1 unspecified atom stereocenters. The molecule has 4 heteroatoms. The third kappa shape index (κ3) is 3.40. The molecule has 0 amide bonds.